The number of rotatable bonds is 7. The number of piperidine rings is 1. The van der Waals surface area contributed by atoms with E-state index in [0.29, 0.717) is 13.1 Å². The number of nitro groups is 1. The molecule has 0 spiro atoms. The summed E-state index contributed by atoms with van der Waals surface area (Å²) in [5.74, 6) is -1.52. The minimum atomic E-state index is -3.70. The van der Waals surface area contributed by atoms with Gasteiger partial charge in [0.1, 0.15) is 0 Å². The van der Waals surface area contributed by atoms with Crippen molar-refractivity contribution < 1.29 is 27.7 Å². The molecule has 32 heavy (non-hydrogen) atoms. The molecular formula is C21H23N3O7S. The summed E-state index contributed by atoms with van der Waals surface area (Å²) in [4.78, 5) is 35.3. The molecule has 0 aromatic heterocycles. The molecule has 1 N–H and O–H groups in total. The Kier molecular flexibility index (Phi) is 7.21. The number of hydrogen-bond donors (Lipinski definition) is 1. The predicted octanol–water partition coefficient (Wildman–Crippen LogP) is 3.20. The maximum atomic E-state index is 12.9. The van der Waals surface area contributed by atoms with Gasteiger partial charge in [0.05, 0.1) is 22.0 Å². The minimum Gasteiger partial charge on any atom is -0.462 e. The van der Waals surface area contributed by atoms with Crippen LogP contribution in [0, 0.1) is 10.1 Å². The third kappa shape index (κ3) is 5.29. The highest BCUT2D eigenvalue weighted by atomic mass is 32.2. The predicted molar refractivity (Wildman–Crippen MR) is 116 cm³/mol. The number of anilines is 1. The summed E-state index contributed by atoms with van der Waals surface area (Å²) in [6.45, 7) is 2.56. The maximum Gasteiger partial charge on any atom is 0.338 e. The van der Waals surface area contributed by atoms with E-state index >= 15 is 0 Å². The van der Waals surface area contributed by atoms with Crippen molar-refractivity contribution in [2.45, 2.75) is 31.1 Å². The summed E-state index contributed by atoms with van der Waals surface area (Å²) in [5.41, 5.74) is -0.501. The van der Waals surface area contributed by atoms with Gasteiger partial charge in [-0.1, -0.05) is 12.5 Å². The van der Waals surface area contributed by atoms with Crippen molar-refractivity contribution >= 4 is 33.3 Å². The van der Waals surface area contributed by atoms with E-state index in [1.807, 2.05) is 0 Å². The number of nitro benzene ring substituents is 1. The van der Waals surface area contributed by atoms with E-state index in [4.69, 9.17) is 4.74 Å². The highest BCUT2D eigenvalue weighted by molar-refractivity contribution is 7.89. The van der Waals surface area contributed by atoms with Crippen molar-refractivity contribution in [3.63, 3.8) is 0 Å². The summed E-state index contributed by atoms with van der Waals surface area (Å²) in [6.07, 6.45) is 2.58. The summed E-state index contributed by atoms with van der Waals surface area (Å²) in [6, 6.07) is 9.06. The second kappa shape index (κ2) is 9.88. The standard InChI is InChI=1S/C21H23N3O7S/c1-2-31-21(26)16-11-15(12-18(13-16)24(27)28)20(25)22-17-7-6-8-19(14-17)32(29,30)23-9-4-3-5-10-23/h6-8,11-14H,2-5,9-10H2,1H3,(H,22,25). The topological polar surface area (TPSA) is 136 Å². The molecule has 11 heteroatoms. The van der Waals surface area contributed by atoms with E-state index in [1.165, 1.54) is 34.6 Å². The Labute approximate surface area is 185 Å². The lowest BCUT2D eigenvalue weighted by Gasteiger charge is -2.26. The van der Waals surface area contributed by atoms with Crippen LogP contribution in [-0.4, -0.2) is 49.2 Å². The van der Waals surface area contributed by atoms with Crippen molar-refractivity contribution in [2.24, 2.45) is 0 Å². The van der Waals surface area contributed by atoms with Gasteiger partial charge in [-0.25, -0.2) is 13.2 Å². The monoisotopic (exact) mass is 461 g/mol. The van der Waals surface area contributed by atoms with E-state index in [-0.39, 0.29) is 28.3 Å². The molecule has 2 aromatic rings. The Morgan fingerprint density at radius 3 is 2.44 bits per heavy atom. The molecule has 1 aliphatic heterocycles. The molecule has 0 atom stereocenters. The number of non-ortho nitro benzene ring substituents is 1. The van der Waals surface area contributed by atoms with Crippen LogP contribution >= 0.6 is 0 Å². The maximum absolute atomic E-state index is 12.9. The number of ether oxygens (including phenoxy) is 1. The Balaban J connectivity index is 1.86. The lowest BCUT2D eigenvalue weighted by Crippen LogP contribution is -2.35. The Morgan fingerprint density at radius 2 is 1.78 bits per heavy atom. The van der Waals surface area contributed by atoms with Gasteiger partial charge in [-0.15, -0.1) is 0 Å². The third-order valence-electron chi connectivity index (χ3n) is 4.95. The Hall–Kier alpha value is -3.31. The smallest absolute Gasteiger partial charge is 0.338 e. The number of amides is 1. The van der Waals surface area contributed by atoms with Crippen molar-refractivity contribution in [1.82, 2.24) is 4.31 Å². The van der Waals surface area contributed by atoms with E-state index in [0.717, 1.165) is 31.4 Å². The minimum absolute atomic E-state index is 0.0449. The number of esters is 1. The number of nitrogens with one attached hydrogen (secondary N) is 1. The van der Waals surface area contributed by atoms with E-state index < -0.39 is 32.5 Å². The molecule has 1 heterocycles. The van der Waals surface area contributed by atoms with Crippen molar-refractivity contribution in [1.29, 1.82) is 0 Å². The second-order valence-corrected chi connectivity index (χ2v) is 9.13. The molecule has 1 amide bonds. The Morgan fingerprint density at radius 1 is 1.09 bits per heavy atom. The highest BCUT2D eigenvalue weighted by Crippen LogP contribution is 2.24. The first kappa shape index (κ1) is 23.4. The molecule has 0 radical (unpaired) electrons. The Bertz CT molecular complexity index is 1140. The first-order valence-electron chi connectivity index (χ1n) is 10.1. The van der Waals surface area contributed by atoms with Gasteiger partial charge in [0, 0.05) is 36.5 Å². The summed E-state index contributed by atoms with van der Waals surface area (Å²) in [5, 5.41) is 13.8. The zero-order chi connectivity index (χ0) is 23.3. The van der Waals surface area contributed by atoms with Crippen LogP contribution in [0.2, 0.25) is 0 Å². The van der Waals surface area contributed by atoms with Crippen LogP contribution in [0.25, 0.3) is 0 Å². The first-order chi connectivity index (χ1) is 15.2. The number of benzene rings is 2. The lowest BCUT2D eigenvalue weighted by molar-refractivity contribution is -0.384. The molecule has 1 aliphatic rings. The SMILES string of the molecule is CCOC(=O)c1cc(C(=O)Nc2cccc(S(=O)(=O)N3CCCCC3)c2)cc([N+](=O)[O-])c1. The van der Waals surface area contributed by atoms with Gasteiger partial charge in [0.25, 0.3) is 11.6 Å². The van der Waals surface area contributed by atoms with Crippen molar-refractivity contribution in [3.8, 4) is 0 Å². The number of sulfonamides is 1. The van der Waals surface area contributed by atoms with Crippen LogP contribution in [0.15, 0.2) is 47.4 Å². The molecule has 1 fully saturated rings. The van der Waals surface area contributed by atoms with E-state index in [9.17, 15) is 28.1 Å². The highest BCUT2D eigenvalue weighted by Gasteiger charge is 2.26. The fourth-order valence-electron chi connectivity index (χ4n) is 3.37. The molecule has 10 nitrogen and oxygen atoms in total. The zero-order valence-corrected chi connectivity index (χ0v) is 18.3. The third-order valence-corrected chi connectivity index (χ3v) is 6.84. The van der Waals surface area contributed by atoms with Crippen LogP contribution in [0.5, 0.6) is 0 Å². The van der Waals surface area contributed by atoms with Crippen LogP contribution in [0.4, 0.5) is 11.4 Å². The second-order valence-electron chi connectivity index (χ2n) is 7.19. The van der Waals surface area contributed by atoms with Gasteiger partial charge in [-0.3, -0.25) is 14.9 Å². The first-order valence-corrected chi connectivity index (χ1v) is 11.5. The van der Waals surface area contributed by atoms with Crippen molar-refractivity contribution in [3.05, 3.63) is 63.7 Å². The van der Waals surface area contributed by atoms with E-state index in [2.05, 4.69) is 5.32 Å². The fraction of sp³-hybridized carbons (Fsp3) is 0.333. The van der Waals surface area contributed by atoms with Gasteiger partial charge < -0.3 is 10.1 Å². The summed E-state index contributed by atoms with van der Waals surface area (Å²) in [7, 11) is -3.70. The van der Waals surface area contributed by atoms with Gasteiger partial charge >= 0.3 is 5.97 Å². The molecule has 2 aromatic carbocycles. The quantitative estimate of drug-likeness (QED) is 0.380. The molecule has 0 unspecified atom stereocenters. The number of carbonyl (C=O) groups is 2. The normalized spacial score (nSPS) is 14.5. The van der Waals surface area contributed by atoms with Crippen LogP contribution in [-0.2, 0) is 14.8 Å². The number of nitrogens with zero attached hydrogens (tertiary/aromatic N) is 2. The van der Waals surface area contributed by atoms with Crippen LogP contribution in [0.3, 0.4) is 0 Å². The molecule has 170 valence electrons. The molecule has 3 rings (SSSR count). The summed E-state index contributed by atoms with van der Waals surface area (Å²) >= 11 is 0. The molecule has 1 saturated heterocycles. The van der Waals surface area contributed by atoms with Gasteiger partial charge in [-0.05, 0) is 44.0 Å². The summed E-state index contributed by atoms with van der Waals surface area (Å²) < 4.78 is 32.0. The molecule has 0 bridgehead atoms. The van der Waals surface area contributed by atoms with E-state index in [1.54, 1.807) is 6.92 Å². The van der Waals surface area contributed by atoms with Crippen LogP contribution < -0.4 is 5.32 Å². The molecular weight excluding hydrogens is 438 g/mol. The van der Waals surface area contributed by atoms with Crippen molar-refractivity contribution in [2.75, 3.05) is 25.0 Å². The number of hydrogen-bond acceptors (Lipinski definition) is 7. The van der Waals surface area contributed by atoms with Gasteiger partial charge in [0.2, 0.25) is 10.0 Å². The van der Waals surface area contributed by atoms with Gasteiger partial charge in [-0.2, -0.15) is 4.31 Å². The number of carbonyl (C=O) groups excluding carboxylic acids is 2. The zero-order valence-electron chi connectivity index (χ0n) is 17.4. The average molecular weight is 461 g/mol. The average Bonchev–Trinajstić information content (AvgIpc) is 2.79. The van der Waals surface area contributed by atoms with Gasteiger partial charge in [0.15, 0.2) is 0 Å². The van der Waals surface area contributed by atoms with Crippen LogP contribution in [0.1, 0.15) is 46.9 Å². The molecule has 0 aliphatic carbocycles. The largest absolute Gasteiger partial charge is 0.462 e. The molecule has 0 saturated carbocycles. The fourth-order valence-corrected chi connectivity index (χ4v) is 4.94. The lowest BCUT2D eigenvalue weighted by atomic mass is 10.1.